The summed E-state index contributed by atoms with van der Waals surface area (Å²) in [5, 5.41) is 3.17. The van der Waals surface area contributed by atoms with E-state index in [1.807, 2.05) is 6.07 Å². The van der Waals surface area contributed by atoms with Crippen molar-refractivity contribution in [2.75, 3.05) is 11.1 Å². The third-order valence-electron chi connectivity index (χ3n) is 2.23. The maximum Gasteiger partial charge on any atom is 0.258 e. The molecule has 0 spiro atoms. The van der Waals surface area contributed by atoms with Crippen LogP contribution in [-0.2, 0) is 0 Å². The van der Waals surface area contributed by atoms with Crippen molar-refractivity contribution in [3.63, 3.8) is 0 Å². The molecule has 1 heterocycles. The van der Waals surface area contributed by atoms with Gasteiger partial charge < -0.3 is 11.1 Å². The van der Waals surface area contributed by atoms with E-state index in [0.717, 1.165) is 3.57 Å². The van der Waals surface area contributed by atoms with Gasteiger partial charge in [0.25, 0.3) is 5.91 Å². The Balaban J connectivity index is 2.19. The van der Waals surface area contributed by atoms with E-state index < -0.39 is 0 Å². The molecule has 0 atom stereocenters. The molecule has 2 rings (SSSR count). The summed E-state index contributed by atoms with van der Waals surface area (Å²) in [4.78, 5) is 15.9. The van der Waals surface area contributed by atoms with Crippen LogP contribution >= 0.6 is 34.2 Å². The van der Waals surface area contributed by atoms with Crippen LogP contribution < -0.4 is 11.1 Å². The molecule has 3 N–H and O–H groups in total. The summed E-state index contributed by atoms with van der Waals surface area (Å²) in [6, 6.07) is 8.53. The smallest absolute Gasteiger partial charge is 0.258 e. The van der Waals surface area contributed by atoms with Crippen LogP contribution in [0.5, 0.6) is 0 Å². The van der Waals surface area contributed by atoms with Gasteiger partial charge in [0, 0.05) is 15.5 Å². The van der Waals surface area contributed by atoms with Gasteiger partial charge in [-0.1, -0.05) is 11.6 Å². The predicted octanol–water partition coefficient (Wildman–Crippen LogP) is 3.17. The van der Waals surface area contributed by atoms with Gasteiger partial charge in [0.1, 0.15) is 5.82 Å². The van der Waals surface area contributed by atoms with E-state index in [-0.39, 0.29) is 5.91 Å². The van der Waals surface area contributed by atoms with Gasteiger partial charge in [-0.2, -0.15) is 0 Å². The molecule has 0 aliphatic carbocycles. The second-order valence-corrected chi connectivity index (χ2v) is 5.23. The highest BCUT2D eigenvalue weighted by molar-refractivity contribution is 14.1. The molecule has 0 radical (unpaired) electrons. The quantitative estimate of drug-likeness (QED) is 0.627. The number of rotatable bonds is 2. The summed E-state index contributed by atoms with van der Waals surface area (Å²) in [7, 11) is 0. The molecule has 0 saturated heterocycles. The highest BCUT2D eigenvalue weighted by atomic mass is 127. The Hall–Kier alpha value is -1.34. The summed E-state index contributed by atoms with van der Waals surface area (Å²) >= 11 is 7.85. The number of nitrogen functional groups attached to an aromatic ring is 1. The highest BCUT2D eigenvalue weighted by Gasteiger charge is 2.10. The van der Waals surface area contributed by atoms with Gasteiger partial charge in [-0.3, -0.25) is 4.79 Å². The number of nitrogens with one attached hydrogen (secondary N) is 1. The van der Waals surface area contributed by atoms with Crippen molar-refractivity contribution in [1.82, 2.24) is 4.98 Å². The van der Waals surface area contributed by atoms with Crippen molar-refractivity contribution >= 4 is 51.6 Å². The minimum atomic E-state index is -0.293. The fraction of sp³-hybridized carbons (Fsp3) is 0. The van der Waals surface area contributed by atoms with Crippen LogP contribution in [0.4, 0.5) is 11.5 Å². The Morgan fingerprint density at radius 1 is 1.33 bits per heavy atom. The van der Waals surface area contributed by atoms with E-state index in [1.165, 1.54) is 6.20 Å². The summed E-state index contributed by atoms with van der Waals surface area (Å²) in [6.45, 7) is 0. The van der Waals surface area contributed by atoms with Crippen molar-refractivity contribution in [1.29, 1.82) is 0 Å². The molecular weight excluding hydrogens is 365 g/mol. The number of hydrogen-bond acceptors (Lipinski definition) is 3. The Morgan fingerprint density at radius 2 is 2.11 bits per heavy atom. The first-order chi connectivity index (χ1) is 8.56. The maximum atomic E-state index is 12.0. The number of aromatic nitrogens is 1. The topological polar surface area (TPSA) is 68.0 Å². The maximum absolute atomic E-state index is 12.0. The molecule has 0 fully saturated rings. The van der Waals surface area contributed by atoms with Gasteiger partial charge in [-0.15, -0.1) is 0 Å². The lowest BCUT2D eigenvalue weighted by Gasteiger charge is -2.07. The van der Waals surface area contributed by atoms with E-state index >= 15 is 0 Å². The average Bonchev–Trinajstić information content (AvgIpc) is 2.32. The zero-order valence-corrected chi connectivity index (χ0v) is 12.1. The van der Waals surface area contributed by atoms with Crippen molar-refractivity contribution in [3.8, 4) is 0 Å². The Morgan fingerprint density at radius 3 is 2.72 bits per heavy atom. The number of pyridine rings is 1. The van der Waals surface area contributed by atoms with Crippen LogP contribution in [0.3, 0.4) is 0 Å². The molecule has 0 bridgehead atoms. The zero-order valence-electron chi connectivity index (χ0n) is 9.15. The van der Waals surface area contributed by atoms with Crippen LogP contribution in [0.1, 0.15) is 10.4 Å². The highest BCUT2D eigenvalue weighted by Crippen LogP contribution is 2.17. The molecule has 0 aliphatic heterocycles. The molecule has 1 amide bonds. The van der Waals surface area contributed by atoms with Gasteiger partial charge in [-0.25, -0.2) is 4.98 Å². The molecule has 1 aromatic heterocycles. The second-order valence-electron chi connectivity index (χ2n) is 3.55. The molecule has 6 heteroatoms. The van der Waals surface area contributed by atoms with Gasteiger partial charge in [0.15, 0.2) is 0 Å². The van der Waals surface area contributed by atoms with Crippen LogP contribution in [0.25, 0.3) is 0 Å². The predicted molar refractivity (Wildman–Crippen MR) is 80.8 cm³/mol. The molecule has 0 unspecified atom stereocenters. The normalized spacial score (nSPS) is 10.1. The Labute approximate surface area is 123 Å². The summed E-state index contributed by atoms with van der Waals surface area (Å²) in [6.07, 6.45) is 1.47. The number of carbonyl (C=O) groups is 1. The second kappa shape index (κ2) is 5.53. The average molecular weight is 374 g/mol. The Bertz CT molecular complexity index is 586. The van der Waals surface area contributed by atoms with Crippen LogP contribution in [-0.4, -0.2) is 10.9 Å². The first-order valence-electron chi connectivity index (χ1n) is 5.04. The van der Waals surface area contributed by atoms with E-state index in [9.17, 15) is 4.79 Å². The van der Waals surface area contributed by atoms with Crippen LogP contribution in [0.15, 0.2) is 36.5 Å². The molecular formula is C12H9ClIN3O. The third kappa shape index (κ3) is 3.11. The number of carbonyl (C=O) groups excluding carboxylic acids is 1. The summed E-state index contributed by atoms with van der Waals surface area (Å²) < 4.78 is 0.978. The number of benzene rings is 1. The monoisotopic (exact) mass is 373 g/mol. The molecule has 1 aromatic carbocycles. The largest absolute Gasteiger partial charge is 0.398 e. The van der Waals surface area contributed by atoms with Gasteiger partial charge in [0.2, 0.25) is 0 Å². The van der Waals surface area contributed by atoms with Crippen molar-refractivity contribution in [2.45, 2.75) is 0 Å². The van der Waals surface area contributed by atoms with E-state index in [1.54, 1.807) is 24.3 Å². The van der Waals surface area contributed by atoms with Crippen molar-refractivity contribution in [3.05, 3.63) is 50.7 Å². The van der Waals surface area contributed by atoms with Crippen molar-refractivity contribution < 1.29 is 4.79 Å². The minimum Gasteiger partial charge on any atom is -0.398 e. The van der Waals surface area contributed by atoms with Crippen LogP contribution in [0.2, 0.25) is 5.02 Å². The number of amides is 1. The number of hydrogen-bond donors (Lipinski definition) is 2. The van der Waals surface area contributed by atoms with Crippen LogP contribution in [0, 0.1) is 3.57 Å². The molecule has 18 heavy (non-hydrogen) atoms. The van der Waals surface area contributed by atoms with Crippen molar-refractivity contribution in [2.24, 2.45) is 0 Å². The summed E-state index contributed by atoms with van der Waals surface area (Å²) in [5.74, 6) is 0.140. The standard InChI is InChI=1S/C12H9ClIN3O/c13-7-1-4-11(16-6-7)17-12(18)9-3-2-8(14)5-10(9)15/h1-6H,15H2,(H,16,17,18). The fourth-order valence-corrected chi connectivity index (χ4v) is 2.00. The molecule has 0 saturated carbocycles. The molecule has 4 nitrogen and oxygen atoms in total. The minimum absolute atomic E-state index is 0.293. The zero-order chi connectivity index (χ0) is 13.1. The van der Waals surface area contributed by atoms with Gasteiger partial charge in [0.05, 0.1) is 10.6 Å². The molecule has 0 aliphatic rings. The van der Waals surface area contributed by atoms with E-state index in [4.69, 9.17) is 17.3 Å². The lowest BCUT2D eigenvalue weighted by atomic mass is 10.1. The third-order valence-corrected chi connectivity index (χ3v) is 3.12. The van der Waals surface area contributed by atoms with Gasteiger partial charge >= 0.3 is 0 Å². The number of halogens is 2. The molecule has 2 aromatic rings. The lowest BCUT2D eigenvalue weighted by Crippen LogP contribution is -2.14. The number of nitrogens with two attached hydrogens (primary N) is 1. The first-order valence-corrected chi connectivity index (χ1v) is 6.50. The fourth-order valence-electron chi connectivity index (χ4n) is 1.37. The molecule has 92 valence electrons. The van der Waals surface area contributed by atoms with Gasteiger partial charge in [-0.05, 0) is 52.9 Å². The SMILES string of the molecule is Nc1cc(I)ccc1C(=O)Nc1ccc(Cl)cn1. The number of nitrogens with zero attached hydrogens (tertiary/aromatic N) is 1. The van der Waals surface area contributed by atoms with E-state index in [2.05, 4.69) is 32.9 Å². The first kappa shape index (κ1) is 13.1. The summed E-state index contributed by atoms with van der Waals surface area (Å²) in [5.41, 5.74) is 6.65. The Kier molecular flexibility index (Phi) is 4.03. The number of anilines is 2. The van der Waals surface area contributed by atoms with E-state index in [0.29, 0.717) is 22.1 Å². The lowest BCUT2D eigenvalue weighted by molar-refractivity contribution is 0.102.